The Bertz CT molecular complexity index is 329. The van der Waals surface area contributed by atoms with Crippen molar-refractivity contribution < 1.29 is 0 Å². The van der Waals surface area contributed by atoms with E-state index < -0.39 is 0 Å². The van der Waals surface area contributed by atoms with Crippen molar-refractivity contribution in [3.05, 3.63) is 0 Å². The Morgan fingerprint density at radius 2 is 1.86 bits per heavy atom. The fourth-order valence-electron chi connectivity index (χ4n) is 2.81. The molecule has 0 radical (unpaired) electrons. The number of rotatable bonds is 8. The third kappa shape index (κ3) is 8.28. The average Bonchev–Trinajstić information content (AvgIpc) is 2.44. The minimum Gasteiger partial charge on any atom is -0.356 e. The third-order valence-corrected chi connectivity index (χ3v) is 5.30. The van der Waals surface area contributed by atoms with Gasteiger partial charge in [0.15, 0.2) is 5.96 Å². The van der Waals surface area contributed by atoms with Crippen molar-refractivity contribution in [1.82, 2.24) is 15.1 Å². The molecule has 1 saturated heterocycles. The highest BCUT2D eigenvalue weighted by Crippen LogP contribution is 2.29. The van der Waals surface area contributed by atoms with Gasteiger partial charge in [-0.15, -0.1) is 0 Å². The second-order valence-electron chi connectivity index (χ2n) is 7.07. The first-order valence-corrected chi connectivity index (χ1v) is 9.67. The van der Waals surface area contributed by atoms with Gasteiger partial charge < -0.3 is 15.1 Å². The summed E-state index contributed by atoms with van der Waals surface area (Å²) in [7, 11) is 6.20. The maximum atomic E-state index is 4.46. The van der Waals surface area contributed by atoms with Crippen LogP contribution in [0.5, 0.6) is 0 Å². The zero-order chi connectivity index (χ0) is 16.4. The standard InChI is InChI=1S/C17H36N4S/c1-17(2)15-21(13-14-22-17)16(18-3)19-11-9-7-6-8-10-12-20(4)5/h6-15H2,1-5H3,(H,18,19). The highest BCUT2D eigenvalue weighted by Gasteiger charge is 2.28. The molecule has 5 heteroatoms. The zero-order valence-corrected chi connectivity index (χ0v) is 16.1. The molecular formula is C17H36N4S. The molecule has 0 aromatic carbocycles. The van der Waals surface area contributed by atoms with E-state index in [0.717, 1.165) is 25.6 Å². The molecular weight excluding hydrogens is 292 g/mol. The van der Waals surface area contributed by atoms with E-state index in [4.69, 9.17) is 0 Å². The Morgan fingerprint density at radius 1 is 1.18 bits per heavy atom. The predicted molar refractivity (Wildman–Crippen MR) is 101 cm³/mol. The number of hydrogen-bond donors (Lipinski definition) is 1. The van der Waals surface area contributed by atoms with Crippen molar-refractivity contribution in [2.45, 2.75) is 50.7 Å². The van der Waals surface area contributed by atoms with Crippen LogP contribution in [0.1, 0.15) is 46.0 Å². The Labute approximate surface area is 142 Å². The van der Waals surface area contributed by atoms with E-state index in [1.165, 1.54) is 44.4 Å². The zero-order valence-electron chi connectivity index (χ0n) is 15.3. The molecule has 0 saturated carbocycles. The van der Waals surface area contributed by atoms with Crippen LogP contribution in [0.25, 0.3) is 0 Å². The van der Waals surface area contributed by atoms with E-state index in [0.29, 0.717) is 4.75 Å². The van der Waals surface area contributed by atoms with Gasteiger partial charge in [-0.25, -0.2) is 0 Å². The van der Waals surface area contributed by atoms with Gasteiger partial charge in [0, 0.05) is 37.2 Å². The highest BCUT2D eigenvalue weighted by atomic mass is 32.2. The van der Waals surface area contributed by atoms with Gasteiger partial charge in [0.05, 0.1) is 0 Å². The lowest BCUT2D eigenvalue weighted by Crippen LogP contribution is -2.51. The summed E-state index contributed by atoms with van der Waals surface area (Å²) in [6.07, 6.45) is 6.58. The van der Waals surface area contributed by atoms with Crippen molar-refractivity contribution >= 4 is 17.7 Å². The molecule has 1 aliphatic heterocycles. The van der Waals surface area contributed by atoms with Crippen molar-refractivity contribution in [2.24, 2.45) is 4.99 Å². The molecule has 0 aromatic heterocycles. The molecule has 0 spiro atoms. The number of nitrogens with zero attached hydrogens (tertiary/aromatic N) is 3. The SMILES string of the molecule is CN=C(NCCCCCCCN(C)C)N1CCSC(C)(C)C1. The molecule has 4 nitrogen and oxygen atoms in total. The van der Waals surface area contributed by atoms with Crippen molar-refractivity contribution in [2.75, 3.05) is 53.1 Å². The lowest BCUT2D eigenvalue weighted by molar-refractivity contribution is 0.374. The second-order valence-corrected chi connectivity index (χ2v) is 8.88. The number of thioether (sulfide) groups is 1. The van der Waals surface area contributed by atoms with E-state index >= 15 is 0 Å². The molecule has 0 amide bonds. The predicted octanol–water partition coefficient (Wildman–Crippen LogP) is 2.90. The normalized spacial score (nSPS) is 18.8. The molecule has 0 unspecified atom stereocenters. The molecule has 1 N–H and O–H groups in total. The monoisotopic (exact) mass is 328 g/mol. The first-order valence-electron chi connectivity index (χ1n) is 8.69. The van der Waals surface area contributed by atoms with E-state index in [1.807, 2.05) is 7.05 Å². The number of guanidine groups is 1. The van der Waals surface area contributed by atoms with Crippen LogP contribution in [0.2, 0.25) is 0 Å². The van der Waals surface area contributed by atoms with Gasteiger partial charge in [-0.05, 0) is 47.3 Å². The molecule has 22 heavy (non-hydrogen) atoms. The van der Waals surface area contributed by atoms with E-state index in [-0.39, 0.29) is 0 Å². The lowest BCUT2D eigenvalue weighted by Gasteiger charge is -2.39. The van der Waals surface area contributed by atoms with Crippen LogP contribution in [-0.4, -0.2) is 73.6 Å². The molecule has 0 atom stereocenters. The lowest BCUT2D eigenvalue weighted by atomic mass is 10.1. The first kappa shape index (κ1) is 19.6. The first-order chi connectivity index (χ1) is 10.4. The number of aliphatic imine (C=N–C) groups is 1. The average molecular weight is 329 g/mol. The number of nitrogens with one attached hydrogen (secondary N) is 1. The topological polar surface area (TPSA) is 30.9 Å². The van der Waals surface area contributed by atoms with E-state index in [1.54, 1.807) is 0 Å². The third-order valence-electron chi connectivity index (χ3n) is 4.00. The van der Waals surface area contributed by atoms with Gasteiger partial charge in [0.25, 0.3) is 0 Å². The molecule has 0 aromatic rings. The van der Waals surface area contributed by atoms with Crippen LogP contribution in [0.15, 0.2) is 4.99 Å². The van der Waals surface area contributed by atoms with Gasteiger partial charge in [-0.3, -0.25) is 4.99 Å². The van der Waals surface area contributed by atoms with Gasteiger partial charge in [0.1, 0.15) is 0 Å². The minimum absolute atomic E-state index is 0.336. The number of hydrogen-bond acceptors (Lipinski definition) is 3. The van der Waals surface area contributed by atoms with Crippen molar-refractivity contribution in [1.29, 1.82) is 0 Å². The maximum Gasteiger partial charge on any atom is 0.193 e. The summed E-state index contributed by atoms with van der Waals surface area (Å²) in [6.45, 7) is 9.11. The van der Waals surface area contributed by atoms with E-state index in [2.05, 4.69) is 59.8 Å². The van der Waals surface area contributed by atoms with Crippen LogP contribution >= 0.6 is 11.8 Å². The summed E-state index contributed by atoms with van der Waals surface area (Å²) >= 11 is 2.07. The largest absolute Gasteiger partial charge is 0.356 e. The fourth-order valence-corrected chi connectivity index (χ4v) is 3.92. The summed E-state index contributed by atoms with van der Waals surface area (Å²) in [4.78, 5) is 9.14. The Morgan fingerprint density at radius 3 is 2.50 bits per heavy atom. The highest BCUT2D eigenvalue weighted by molar-refractivity contribution is 8.00. The summed E-state index contributed by atoms with van der Waals surface area (Å²) < 4.78 is 0.336. The smallest absolute Gasteiger partial charge is 0.193 e. The fraction of sp³-hybridized carbons (Fsp3) is 0.941. The Kier molecular flexibility index (Phi) is 9.25. The molecule has 0 bridgehead atoms. The molecule has 1 fully saturated rings. The quantitative estimate of drug-likeness (QED) is 0.422. The Balaban J connectivity index is 2.12. The second kappa shape index (κ2) is 10.4. The van der Waals surface area contributed by atoms with Gasteiger partial charge in [-0.1, -0.05) is 19.3 Å². The van der Waals surface area contributed by atoms with Crippen LogP contribution in [0.3, 0.4) is 0 Å². The summed E-state index contributed by atoms with van der Waals surface area (Å²) in [5, 5.41) is 3.54. The van der Waals surface area contributed by atoms with Crippen LogP contribution in [0.4, 0.5) is 0 Å². The summed E-state index contributed by atoms with van der Waals surface area (Å²) in [5.74, 6) is 2.28. The van der Waals surface area contributed by atoms with Crippen LogP contribution in [0, 0.1) is 0 Å². The molecule has 1 aliphatic rings. The van der Waals surface area contributed by atoms with Crippen LogP contribution < -0.4 is 5.32 Å². The molecule has 1 rings (SSSR count). The summed E-state index contributed by atoms with van der Waals surface area (Å²) in [5.41, 5.74) is 0. The number of unbranched alkanes of at least 4 members (excludes halogenated alkanes) is 4. The minimum atomic E-state index is 0.336. The van der Waals surface area contributed by atoms with Crippen molar-refractivity contribution in [3.8, 4) is 0 Å². The molecule has 130 valence electrons. The van der Waals surface area contributed by atoms with Gasteiger partial charge in [0.2, 0.25) is 0 Å². The van der Waals surface area contributed by atoms with Gasteiger partial charge in [-0.2, -0.15) is 11.8 Å². The van der Waals surface area contributed by atoms with Gasteiger partial charge >= 0.3 is 0 Å². The van der Waals surface area contributed by atoms with E-state index in [9.17, 15) is 0 Å². The Hall–Kier alpha value is -0.420. The maximum absolute atomic E-state index is 4.46. The molecule has 1 heterocycles. The summed E-state index contributed by atoms with van der Waals surface area (Å²) in [6, 6.07) is 0. The molecule has 0 aliphatic carbocycles. The van der Waals surface area contributed by atoms with Crippen molar-refractivity contribution in [3.63, 3.8) is 0 Å². The van der Waals surface area contributed by atoms with Crippen LogP contribution in [-0.2, 0) is 0 Å².